The van der Waals surface area contributed by atoms with E-state index in [1.54, 1.807) is 6.20 Å². The standard InChI is InChI=1S/C14H13N3/c1-10-11(4-2-5-12(10)15)13-6-3-7-14-16-8-9-17(13)14/h2-9H,15H2,1H3. The summed E-state index contributed by atoms with van der Waals surface area (Å²) in [7, 11) is 0. The first-order valence-electron chi connectivity index (χ1n) is 5.55. The molecule has 0 aliphatic rings. The maximum Gasteiger partial charge on any atom is 0.137 e. The van der Waals surface area contributed by atoms with Crippen LogP contribution in [0.25, 0.3) is 16.9 Å². The Balaban J connectivity index is 2.34. The summed E-state index contributed by atoms with van der Waals surface area (Å²) in [4.78, 5) is 4.29. The Labute approximate surface area is 99.5 Å². The summed E-state index contributed by atoms with van der Waals surface area (Å²) in [6.45, 7) is 2.04. The fourth-order valence-corrected chi connectivity index (χ4v) is 2.10. The maximum absolute atomic E-state index is 5.95. The minimum absolute atomic E-state index is 0.819. The van der Waals surface area contributed by atoms with Gasteiger partial charge in [0, 0.05) is 23.6 Å². The van der Waals surface area contributed by atoms with E-state index >= 15 is 0 Å². The van der Waals surface area contributed by atoms with Gasteiger partial charge in [-0.3, -0.25) is 4.40 Å². The molecule has 1 aromatic carbocycles. The minimum atomic E-state index is 0.819. The van der Waals surface area contributed by atoms with Crippen LogP contribution in [0.5, 0.6) is 0 Å². The van der Waals surface area contributed by atoms with Gasteiger partial charge in [-0.05, 0) is 30.7 Å². The van der Waals surface area contributed by atoms with Crippen molar-refractivity contribution in [1.82, 2.24) is 9.38 Å². The molecule has 3 heteroatoms. The first-order valence-corrected chi connectivity index (χ1v) is 5.55. The topological polar surface area (TPSA) is 43.3 Å². The van der Waals surface area contributed by atoms with Crippen LogP contribution in [-0.2, 0) is 0 Å². The van der Waals surface area contributed by atoms with Crippen molar-refractivity contribution in [2.24, 2.45) is 0 Å². The summed E-state index contributed by atoms with van der Waals surface area (Å²) in [6.07, 6.45) is 3.77. The van der Waals surface area contributed by atoms with Crippen molar-refractivity contribution in [2.45, 2.75) is 6.92 Å². The number of nitrogen functional groups attached to an aromatic ring is 1. The summed E-state index contributed by atoms with van der Waals surface area (Å²) >= 11 is 0. The van der Waals surface area contributed by atoms with Gasteiger partial charge in [0.15, 0.2) is 0 Å². The molecular weight excluding hydrogens is 210 g/mol. The van der Waals surface area contributed by atoms with Gasteiger partial charge < -0.3 is 5.73 Å². The molecule has 17 heavy (non-hydrogen) atoms. The summed E-state index contributed by atoms with van der Waals surface area (Å²) in [5.74, 6) is 0. The van der Waals surface area contributed by atoms with Gasteiger partial charge in [0.05, 0.1) is 5.69 Å². The second-order valence-corrected chi connectivity index (χ2v) is 4.09. The summed E-state index contributed by atoms with van der Waals surface area (Å²) < 4.78 is 2.07. The summed E-state index contributed by atoms with van der Waals surface area (Å²) in [5.41, 5.74) is 11.1. The lowest BCUT2D eigenvalue weighted by atomic mass is 10.0. The van der Waals surface area contributed by atoms with E-state index < -0.39 is 0 Å². The lowest BCUT2D eigenvalue weighted by Gasteiger charge is -2.10. The van der Waals surface area contributed by atoms with Crippen LogP contribution in [0.15, 0.2) is 48.8 Å². The lowest BCUT2D eigenvalue weighted by Crippen LogP contribution is -1.96. The van der Waals surface area contributed by atoms with Crippen LogP contribution in [0, 0.1) is 6.92 Å². The number of anilines is 1. The number of nitrogens with zero attached hydrogens (tertiary/aromatic N) is 2. The normalized spacial score (nSPS) is 10.9. The van der Waals surface area contributed by atoms with Crippen molar-refractivity contribution in [3.8, 4) is 11.3 Å². The van der Waals surface area contributed by atoms with E-state index in [0.29, 0.717) is 0 Å². The molecule has 0 amide bonds. The second kappa shape index (κ2) is 3.63. The zero-order valence-corrected chi connectivity index (χ0v) is 9.59. The Hall–Kier alpha value is -2.29. The number of rotatable bonds is 1. The van der Waals surface area contributed by atoms with E-state index in [9.17, 15) is 0 Å². The molecule has 3 rings (SSSR count). The molecule has 0 bridgehead atoms. The van der Waals surface area contributed by atoms with Crippen LogP contribution in [0.3, 0.4) is 0 Å². The van der Waals surface area contributed by atoms with Gasteiger partial charge in [0.2, 0.25) is 0 Å². The molecular formula is C14H13N3. The van der Waals surface area contributed by atoms with Crippen molar-refractivity contribution >= 4 is 11.3 Å². The van der Waals surface area contributed by atoms with Crippen molar-refractivity contribution in [3.63, 3.8) is 0 Å². The van der Waals surface area contributed by atoms with Gasteiger partial charge >= 0.3 is 0 Å². The molecule has 0 saturated heterocycles. The maximum atomic E-state index is 5.95. The Bertz CT molecular complexity index is 683. The van der Waals surface area contributed by atoms with Crippen LogP contribution >= 0.6 is 0 Å². The highest BCUT2D eigenvalue weighted by Gasteiger charge is 2.07. The molecule has 0 fully saturated rings. The SMILES string of the molecule is Cc1c(N)cccc1-c1cccc2nccn12. The molecule has 2 aromatic heterocycles. The lowest BCUT2D eigenvalue weighted by molar-refractivity contribution is 1.18. The molecule has 0 spiro atoms. The van der Waals surface area contributed by atoms with Gasteiger partial charge in [-0.25, -0.2) is 4.98 Å². The highest BCUT2D eigenvalue weighted by atomic mass is 15.0. The highest BCUT2D eigenvalue weighted by Crippen LogP contribution is 2.27. The quantitative estimate of drug-likeness (QED) is 0.644. The Morgan fingerprint density at radius 3 is 2.82 bits per heavy atom. The van der Waals surface area contributed by atoms with E-state index in [4.69, 9.17) is 5.73 Å². The molecule has 0 aliphatic carbocycles. The minimum Gasteiger partial charge on any atom is -0.398 e. The van der Waals surface area contributed by atoms with Crippen LogP contribution < -0.4 is 5.73 Å². The predicted octanol–water partition coefficient (Wildman–Crippen LogP) is 2.89. The van der Waals surface area contributed by atoms with Crippen molar-refractivity contribution in [1.29, 1.82) is 0 Å². The molecule has 0 atom stereocenters. The van der Waals surface area contributed by atoms with Crippen LogP contribution in [0.1, 0.15) is 5.56 Å². The smallest absolute Gasteiger partial charge is 0.137 e. The molecule has 3 aromatic rings. The van der Waals surface area contributed by atoms with E-state index in [2.05, 4.69) is 21.5 Å². The molecule has 2 heterocycles. The monoisotopic (exact) mass is 223 g/mol. The molecule has 0 aliphatic heterocycles. The number of fused-ring (bicyclic) bond motifs is 1. The number of hydrogen-bond acceptors (Lipinski definition) is 2. The van der Waals surface area contributed by atoms with Gasteiger partial charge in [-0.2, -0.15) is 0 Å². The zero-order chi connectivity index (χ0) is 11.8. The number of pyridine rings is 1. The van der Waals surface area contributed by atoms with Crippen LogP contribution in [0.4, 0.5) is 5.69 Å². The average molecular weight is 223 g/mol. The van der Waals surface area contributed by atoms with Crippen molar-refractivity contribution in [2.75, 3.05) is 5.73 Å². The van der Waals surface area contributed by atoms with Crippen LogP contribution in [-0.4, -0.2) is 9.38 Å². The Morgan fingerprint density at radius 2 is 1.94 bits per heavy atom. The van der Waals surface area contributed by atoms with E-state index in [1.165, 1.54) is 0 Å². The van der Waals surface area contributed by atoms with Gasteiger partial charge in [-0.15, -0.1) is 0 Å². The fourth-order valence-electron chi connectivity index (χ4n) is 2.10. The molecule has 2 N–H and O–H groups in total. The van der Waals surface area contributed by atoms with E-state index in [-0.39, 0.29) is 0 Å². The third-order valence-corrected chi connectivity index (χ3v) is 3.08. The van der Waals surface area contributed by atoms with Crippen LogP contribution in [0.2, 0.25) is 0 Å². The predicted molar refractivity (Wildman–Crippen MR) is 69.8 cm³/mol. The van der Waals surface area contributed by atoms with Gasteiger partial charge in [-0.1, -0.05) is 18.2 Å². The number of nitrogens with two attached hydrogens (primary N) is 1. The highest BCUT2D eigenvalue weighted by molar-refractivity contribution is 5.72. The third kappa shape index (κ3) is 1.47. The zero-order valence-electron chi connectivity index (χ0n) is 9.59. The van der Waals surface area contributed by atoms with Crippen molar-refractivity contribution in [3.05, 3.63) is 54.4 Å². The number of hydrogen-bond donors (Lipinski definition) is 1. The Kier molecular flexibility index (Phi) is 2.11. The Morgan fingerprint density at radius 1 is 1.12 bits per heavy atom. The molecule has 84 valence electrons. The van der Waals surface area contributed by atoms with Crippen molar-refractivity contribution < 1.29 is 0 Å². The summed E-state index contributed by atoms with van der Waals surface area (Å²) in [6, 6.07) is 12.1. The number of imidazole rings is 1. The van der Waals surface area contributed by atoms with E-state index in [1.807, 2.05) is 37.4 Å². The molecule has 0 saturated carbocycles. The molecule has 0 unspecified atom stereocenters. The number of aromatic nitrogens is 2. The summed E-state index contributed by atoms with van der Waals surface area (Å²) in [5, 5.41) is 0. The second-order valence-electron chi connectivity index (χ2n) is 4.09. The largest absolute Gasteiger partial charge is 0.398 e. The molecule has 3 nitrogen and oxygen atoms in total. The van der Waals surface area contributed by atoms with E-state index in [0.717, 1.165) is 28.2 Å². The molecule has 0 radical (unpaired) electrons. The average Bonchev–Trinajstić information content (AvgIpc) is 2.81. The third-order valence-electron chi connectivity index (χ3n) is 3.08. The van der Waals surface area contributed by atoms with Gasteiger partial charge in [0.1, 0.15) is 5.65 Å². The fraction of sp³-hybridized carbons (Fsp3) is 0.0714. The first kappa shape index (κ1) is 9.90. The van der Waals surface area contributed by atoms with Gasteiger partial charge in [0.25, 0.3) is 0 Å². The first-order chi connectivity index (χ1) is 8.27. The number of benzene rings is 1.